The minimum atomic E-state index is -0.376. The van der Waals surface area contributed by atoms with Gasteiger partial charge in [0.05, 0.1) is 7.11 Å². The molecule has 0 unspecified atom stereocenters. The van der Waals surface area contributed by atoms with Gasteiger partial charge in [0.2, 0.25) is 0 Å². The molecule has 4 heteroatoms. The average Bonchev–Trinajstić information content (AvgIpc) is 2.64. The largest absolute Gasteiger partial charge is 0.497 e. The zero-order valence-electron chi connectivity index (χ0n) is 13.6. The summed E-state index contributed by atoms with van der Waals surface area (Å²) in [6.07, 6.45) is 1.81. The maximum atomic E-state index is 12.3. The van der Waals surface area contributed by atoms with Crippen molar-refractivity contribution in [3.8, 4) is 5.75 Å². The van der Waals surface area contributed by atoms with Crippen LogP contribution < -0.4 is 10.1 Å². The Morgan fingerprint density at radius 2 is 1.56 bits per heavy atom. The molecule has 4 rings (SSSR count). The van der Waals surface area contributed by atoms with Crippen molar-refractivity contribution < 1.29 is 14.3 Å². The van der Waals surface area contributed by atoms with Crippen molar-refractivity contribution >= 4 is 34.2 Å². The SMILES string of the molecule is COc1ccc2cc(/C=C3\C(=O)NC(=O)c4ccccc43)ccc2c1. The summed E-state index contributed by atoms with van der Waals surface area (Å²) in [5.41, 5.74) is 2.56. The Morgan fingerprint density at radius 1 is 0.840 bits per heavy atom. The van der Waals surface area contributed by atoms with Crippen molar-refractivity contribution in [2.45, 2.75) is 0 Å². The van der Waals surface area contributed by atoms with E-state index in [0.29, 0.717) is 16.7 Å². The third-order valence-electron chi connectivity index (χ3n) is 4.32. The number of ether oxygens (including phenoxy) is 1. The Bertz CT molecular complexity index is 1050. The van der Waals surface area contributed by atoms with Crippen LogP contribution in [0.5, 0.6) is 5.75 Å². The predicted octanol–water partition coefficient (Wildman–Crippen LogP) is 3.66. The van der Waals surface area contributed by atoms with E-state index in [0.717, 1.165) is 22.1 Å². The molecular weight excluding hydrogens is 314 g/mol. The maximum absolute atomic E-state index is 12.3. The van der Waals surface area contributed by atoms with Crippen LogP contribution >= 0.6 is 0 Å². The van der Waals surface area contributed by atoms with Crippen LogP contribution in [0.3, 0.4) is 0 Å². The lowest BCUT2D eigenvalue weighted by molar-refractivity contribution is -0.114. The first-order chi connectivity index (χ1) is 12.2. The first-order valence-corrected chi connectivity index (χ1v) is 7.90. The van der Waals surface area contributed by atoms with Crippen molar-refractivity contribution in [1.82, 2.24) is 5.32 Å². The van der Waals surface area contributed by atoms with Crippen LogP contribution in [-0.4, -0.2) is 18.9 Å². The van der Waals surface area contributed by atoms with Gasteiger partial charge in [-0.2, -0.15) is 0 Å². The lowest BCUT2D eigenvalue weighted by Gasteiger charge is -2.18. The molecule has 0 fully saturated rings. The Balaban J connectivity index is 1.82. The second-order valence-electron chi connectivity index (χ2n) is 5.86. The molecule has 2 amide bonds. The maximum Gasteiger partial charge on any atom is 0.258 e. The Morgan fingerprint density at radius 3 is 2.36 bits per heavy atom. The van der Waals surface area contributed by atoms with Crippen molar-refractivity contribution in [3.63, 3.8) is 0 Å². The van der Waals surface area contributed by atoms with Gasteiger partial charge in [0.1, 0.15) is 5.75 Å². The van der Waals surface area contributed by atoms with E-state index in [1.807, 2.05) is 48.5 Å². The molecule has 0 saturated heterocycles. The summed E-state index contributed by atoms with van der Waals surface area (Å²) in [4.78, 5) is 24.3. The first kappa shape index (κ1) is 15.1. The van der Waals surface area contributed by atoms with Crippen LogP contribution in [-0.2, 0) is 4.79 Å². The number of fused-ring (bicyclic) bond motifs is 2. The van der Waals surface area contributed by atoms with Crippen molar-refractivity contribution in [2.24, 2.45) is 0 Å². The quantitative estimate of drug-likeness (QED) is 0.577. The summed E-state index contributed by atoms with van der Waals surface area (Å²) in [5, 5.41) is 4.51. The summed E-state index contributed by atoms with van der Waals surface area (Å²) >= 11 is 0. The molecular formula is C21H15NO3. The lowest BCUT2D eigenvalue weighted by Crippen LogP contribution is -2.36. The molecule has 1 aliphatic rings. The highest BCUT2D eigenvalue weighted by molar-refractivity contribution is 6.34. The lowest BCUT2D eigenvalue weighted by atomic mass is 9.93. The average molecular weight is 329 g/mol. The molecule has 4 nitrogen and oxygen atoms in total. The highest BCUT2D eigenvalue weighted by Crippen LogP contribution is 2.28. The third kappa shape index (κ3) is 2.68. The Kier molecular flexibility index (Phi) is 3.58. The van der Waals surface area contributed by atoms with E-state index in [4.69, 9.17) is 4.74 Å². The summed E-state index contributed by atoms with van der Waals surface area (Å²) in [7, 11) is 1.64. The van der Waals surface area contributed by atoms with Gasteiger partial charge in [0.25, 0.3) is 11.8 Å². The number of hydrogen-bond acceptors (Lipinski definition) is 3. The molecule has 0 radical (unpaired) electrons. The van der Waals surface area contributed by atoms with Crippen molar-refractivity contribution in [3.05, 3.63) is 77.4 Å². The van der Waals surface area contributed by atoms with Gasteiger partial charge in [-0.3, -0.25) is 14.9 Å². The fourth-order valence-corrected chi connectivity index (χ4v) is 3.05. The van der Waals surface area contributed by atoms with E-state index in [1.54, 1.807) is 25.3 Å². The highest BCUT2D eigenvalue weighted by Gasteiger charge is 2.26. The molecule has 0 spiro atoms. The summed E-state index contributed by atoms with van der Waals surface area (Å²) in [6.45, 7) is 0. The molecule has 0 atom stereocenters. The van der Waals surface area contributed by atoms with E-state index in [2.05, 4.69) is 5.32 Å². The molecule has 3 aromatic rings. The van der Waals surface area contributed by atoms with E-state index >= 15 is 0 Å². The van der Waals surface area contributed by atoms with E-state index in [-0.39, 0.29) is 11.8 Å². The number of imide groups is 1. The molecule has 0 aliphatic carbocycles. The molecule has 0 saturated carbocycles. The number of carbonyl (C=O) groups is 2. The van der Waals surface area contributed by atoms with Gasteiger partial charge in [-0.05, 0) is 52.2 Å². The zero-order valence-corrected chi connectivity index (χ0v) is 13.6. The molecule has 25 heavy (non-hydrogen) atoms. The fourth-order valence-electron chi connectivity index (χ4n) is 3.05. The molecule has 0 bridgehead atoms. The van der Waals surface area contributed by atoms with Crippen LogP contribution in [0.4, 0.5) is 0 Å². The van der Waals surface area contributed by atoms with E-state index in [9.17, 15) is 9.59 Å². The van der Waals surface area contributed by atoms with Gasteiger partial charge in [-0.15, -0.1) is 0 Å². The number of carbonyl (C=O) groups excluding carboxylic acids is 2. The van der Waals surface area contributed by atoms with Crippen LogP contribution in [0.1, 0.15) is 21.5 Å². The highest BCUT2D eigenvalue weighted by atomic mass is 16.5. The monoisotopic (exact) mass is 329 g/mol. The number of amides is 2. The first-order valence-electron chi connectivity index (χ1n) is 7.90. The number of rotatable bonds is 2. The number of benzene rings is 3. The van der Waals surface area contributed by atoms with Gasteiger partial charge in [-0.1, -0.05) is 36.4 Å². The summed E-state index contributed by atoms with van der Waals surface area (Å²) < 4.78 is 5.24. The van der Waals surface area contributed by atoms with Crippen molar-refractivity contribution in [2.75, 3.05) is 7.11 Å². The Hall–Kier alpha value is -3.40. The van der Waals surface area contributed by atoms with E-state index < -0.39 is 0 Å². The molecule has 1 heterocycles. The van der Waals surface area contributed by atoms with Crippen LogP contribution in [0, 0.1) is 0 Å². The molecule has 0 aromatic heterocycles. The minimum absolute atomic E-state index is 0.358. The van der Waals surface area contributed by atoms with Gasteiger partial charge < -0.3 is 4.74 Å². The second-order valence-corrected chi connectivity index (χ2v) is 5.86. The van der Waals surface area contributed by atoms with Crippen LogP contribution in [0.25, 0.3) is 22.4 Å². The normalized spacial score (nSPS) is 15.2. The molecule has 122 valence electrons. The molecule has 3 aromatic carbocycles. The summed E-state index contributed by atoms with van der Waals surface area (Å²) in [6, 6.07) is 18.9. The summed E-state index contributed by atoms with van der Waals surface area (Å²) in [5.74, 6) is 0.0691. The second kappa shape index (κ2) is 5.91. The number of hydrogen-bond donors (Lipinski definition) is 1. The van der Waals surface area contributed by atoms with Gasteiger partial charge >= 0.3 is 0 Å². The van der Waals surface area contributed by atoms with Gasteiger partial charge in [-0.25, -0.2) is 0 Å². The Labute approximate surface area is 144 Å². The van der Waals surface area contributed by atoms with Gasteiger partial charge in [0.15, 0.2) is 0 Å². The smallest absolute Gasteiger partial charge is 0.258 e. The topological polar surface area (TPSA) is 55.4 Å². The van der Waals surface area contributed by atoms with Crippen molar-refractivity contribution in [1.29, 1.82) is 0 Å². The zero-order chi connectivity index (χ0) is 17.4. The van der Waals surface area contributed by atoms with Crippen LogP contribution in [0.2, 0.25) is 0 Å². The molecule has 1 N–H and O–H groups in total. The standard InChI is InChI=1S/C21H15NO3/c1-25-16-9-8-14-10-13(6-7-15(14)12-16)11-19-17-4-2-3-5-18(17)20(23)22-21(19)24/h2-12H,1H3,(H,22,23,24)/b19-11-. The van der Waals surface area contributed by atoms with Crippen LogP contribution in [0.15, 0.2) is 60.7 Å². The molecule has 1 aliphatic heterocycles. The number of nitrogens with one attached hydrogen (secondary N) is 1. The fraction of sp³-hybridized carbons (Fsp3) is 0.0476. The minimum Gasteiger partial charge on any atom is -0.497 e. The third-order valence-corrected chi connectivity index (χ3v) is 4.32. The van der Waals surface area contributed by atoms with Gasteiger partial charge in [0, 0.05) is 11.1 Å². The predicted molar refractivity (Wildman–Crippen MR) is 97.3 cm³/mol. The van der Waals surface area contributed by atoms with E-state index in [1.165, 1.54) is 0 Å². The number of methoxy groups -OCH3 is 1.